The van der Waals surface area contributed by atoms with Crippen LogP contribution in [0.25, 0.3) is 5.82 Å². The van der Waals surface area contributed by atoms with E-state index in [9.17, 15) is 4.79 Å². The van der Waals surface area contributed by atoms with Crippen LogP contribution >= 0.6 is 23.2 Å². The third-order valence-electron chi connectivity index (χ3n) is 4.34. The Kier molecular flexibility index (Phi) is 4.91. The highest BCUT2D eigenvalue weighted by Gasteiger charge is 2.24. The van der Waals surface area contributed by atoms with Gasteiger partial charge in [-0.05, 0) is 18.2 Å². The molecule has 0 atom stereocenters. The van der Waals surface area contributed by atoms with Gasteiger partial charge in [-0.1, -0.05) is 23.2 Å². The van der Waals surface area contributed by atoms with Crippen LogP contribution in [0.1, 0.15) is 10.4 Å². The van der Waals surface area contributed by atoms with Gasteiger partial charge in [0.15, 0.2) is 5.82 Å². The molecule has 0 saturated carbocycles. The first-order valence-electron chi connectivity index (χ1n) is 8.28. The van der Waals surface area contributed by atoms with Crippen molar-refractivity contribution in [3.63, 3.8) is 0 Å². The minimum atomic E-state index is -0.117. The molecule has 0 unspecified atom stereocenters. The molecule has 0 N–H and O–H groups in total. The van der Waals surface area contributed by atoms with E-state index in [1.165, 1.54) is 12.7 Å². The highest BCUT2D eigenvalue weighted by molar-refractivity contribution is 6.35. The Morgan fingerprint density at radius 2 is 1.74 bits per heavy atom. The van der Waals surface area contributed by atoms with Gasteiger partial charge in [-0.15, -0.1) is 0 Å². The number of anilines is 1. The summed E-state index contributed by atoms with van der Waals surface area (Å²) in [6.07, 6.45) is 4.53. The predicted molar refractivity (Wildman–Crippen MR) is 102 cm³/mol. The Balaban J connectivity index is 1.45. The van der Waals surface area contributed by atoms with Crippen molar-refractivity contribution in [1.29, 1.82) is 0 Å². The second kappa shape index (κ2) is 7.50. The number of nitrogens with zero attached hydrogens (tertiary/aromatic N) is 7. The number of carbonyl (C=O) groups excluding carboxylic acids is 1. The molecular weight excluding hydrogens is 389 g/mol. The zero-order valence-corrected chi connectivity index (χ0v) is 15.7. The second-order valence-electron chi connectivity index (χ2n) is 5.98. The van der Waals surface area contributed by atoms with Crippen LogP contribution in [0.15, 0.2) is 43.2 Å². The van der Waals surface area contributed by atoms with Gasteiger partial charge in [0, 0.05) is 37.3 Å². The van der Waals surface area contributed by atoms with E-state index >= 15 is 0 Å². The molecular formula is C17H15Cl2N7O. The van der Waals surface area contributed by atoms with Crippen LogP contribution in [0.3, 0.4) is 0 Å². The first-order valence-corrected chi connectivity index (χ1v) is 9.04. The average molecular weight is 404 g/mol. The molecule has 0 aliphatic carbocycles. The van der Waals surface area contributed by atoms with Crippen LogP contribution < -0.4 is 4.90 Å². The number of piperazine rings is 1. The molecule has 0 bridgehead atoms. The molecule has 0 spiro atoms. The number of benzene rings is 1. The summed E-state index contributed by atoms with van der Waals surface area (Å²) in [5, 5.41) is 4.97. The van der Waals surface area contributed by atoms with Gasteiger partial charge in [0.25, 0.3) is 5.91 Å². The zero-order chi connectivity index (χ0) is 18.8. The molecule has 8 nitrogen and oxygen atoms in total. The van der Waals surface area contributed by atoms with Crippen LogP contribution in [-0.4, -0.2) is 61.7 Å². The van der Waals surface area contributed by atoms with E-state index in [-0.39, 0.29) is 5.91 Å². The largest absolute Gasteiger partial charge is 0.353 e. The lowest BCUT2D eigenvalue weighted by molar-refractivity contribution is 0.0746. The van der Waals surface area contributed by atoms with Crippen molar-refractivity contribution in [2.75, 3.05) is 31.1 Å². The number of hydrogen-bond acceptors (Lipinski definition) is 6. The molecule has 3 aromatic rings. The minimum Gasteiger partial charge on any atom is -0.353 e. The van der Waals surface area contributed by atoms with Gasteiger partial charge >= 0.3 is 0 Å². The van der Waals surface area contributed by atoms with Gasteiger partial charge in [0.2, 0.25) is 0 Å². The molecule has 1 aliphatic rings. The molecule has 138 valence electrons. The maximum atomic E-state index is 12.7. The highest BCUT2D eigenvalue weighted by atomic mass is 35.5. The number of hydrogen-bond donors (Lipinski definition) is 0. The lowest BCUT2D eigenvalue weighted by atomic mass is 10.1. The van der Waals surface area contributed by atoms with E-state index in [2.05, 4.69) is 25.0 Å². The summed E-state index contributed by atoms with van der Waals surface area (Å²) in [5.41, 5.74) is 0.424. The number of halogens is 2. The standard InChI is InChI=1S/C17H15Cl2N7O/c18-12-1-2-14(19)13(7-12)17(27)25-5-3-24(4-6-25)15-8-16(22-10-21-15)26-11-20-9-23-26/h1-2,7-11H,3-6H2. The highest BCUT2D eigenvalue weighted by Crippen LogP contribution is 2.23. The van der Waals surface area contributed by atoms with Crippen molar-refractivity contribution in [2.24, 2.45) is 0 Å². The molecule has 2 aromatic heterocycles. The first kappa shape index (κ1) is 17.7. The number of carbonyl (C=O) groups is 1. The molecule has 1 saturated heterocycles. The summed E-state index contributed by atoms with van der Waals surface area (Å²) in [6, 6.07) is 6.76. The molecule has 0 radical (unpaired) electrons. The van der Waals surface area contributed by atoms with Crippen LogP contribution in [-0.2, 0) is 0 Å². The maximum Gasteiger partial charge on any atom is 0.255 e. The average Bonchev–Trinajstić information content (AvgIpc) is 3.24. The van der Waals surface area contributed by atoms with Crippen LogP contribution in [0, 0.1) is 0 Å². The summed E-state index contributed by atoms with van der Waals surface area (Å²) in [6.45, 7) is 2.42. The van der Waals surface area contributed by atoms with Gasteiger partial charge in [-0.3, -0.25) is 4.79 Å². The SMILES string of the molecule is O=C(c1cc(Cl)ccc1Cl)N1CCN(c2cc(-n3cncn3)ncn2)CC1. The number of rotatable bonds is 3. The third kappa shape index (κ3) is 3.72. The first-order chi connectivity index (χ1) is 13.1. The number of aromatic nitrogens is 5. The molecule has 1 aliphatic heterocycles. The smallest absolute Gasteiger partial charge is 0.255 e. The minimum absolute atomic E-state index is 0.117. The maximum absolute atomic E-state index is 12.7. The third-order valence-corrected chi connectivity index (χ3v) is 4.91. The van der Waals surface area contributed by atoms with E-state index in [0.29, 0.717) is 47.6 Å². The summed E-state index contributed by atoms with van der Waals surface area (Å²) in [5.74, 6) is 1.30. The second-order valence-corrected chi connectivity index (χ2v) is 6.82. The van der Waals surface area contributed by atoms with Crippen molar-refractivity contribution in [2.45, 2.75) is 0 Å². The lowest BCUT2D eigenvalue weighted by Gasteiger charge is -2.35. The topological polar surface area (TPSA) is 80.0 Å². The molecule has 10 heteroatoms. The van der Waals surface area contributed by atoms with Crippen LogP contribution in [0.5, 0.6) is 0 Å². The van der Waals surface area contributed by atoms with Crippen molar-refractivity contribution in [3.05, 3.63) is 58.9 Å². The summed E-state index contributed by atoms with van der Waals surface area (Å²) in [7, 11) is 0. The molecule has 4 rings (SSSR count). The van der Waals surface area contributed by atoms with Gasteiger partial charge in [0.05, 0.1) is 10.6 Å². The van der Waals surface area contributed by atoms with Gasteiger partial charge in [0.1, 0.15) is 24.8 Å². The van der Waals surface area contributed by atoms with E-state index in [1.54, 1.807) is 34.1 Å². The fourth-order valence-corrected chi connectivity index (χ4v) is 3.30. The molecule has 1 amide bonds. The Hall–Kier alpha value is -2.71. The predicted octanol–water partition coefficient (Wildman–Crippen LogP) is 2.33. The van der Waals surface area contributed by atoms with E-state index in [4.69, 9.17) is 23.2 Å². The van der Waals surface area contributed by atoms with Crippen molar-refractivity contribution >= 4 is 34.9 Å². The van der Waals surface area contributed by atoms with Gasteiger partial charge in [-0.2, -0.15) is 5.10 Å². The monoisotopic (exact) mass is 403 g/mol. The fraction of sp³-hybridized carbons (Fsp3) is 0.235. The van der Waals surface area contributed by atoms with Crippen LogP contribution in [0.4, 0.5) is 5.82 Å². The lowest BCUT2D eigenvalue weighted by Crippen LogP contribution is -2.49. The van der Waals surface area contributed by atoms with E-state index < -0.39 is 0 Å². The van der Waals surface area contributed by atoms with Crippen molar-refractivity contribution in [1.82, 2.24) is 29.6 Å². The quantitative estimate of drug-likeness (QED) is 0.667. The van der Waals surface area contributed by atoms with Crippen molar-refractivity contribution < 1.29 is 4.79 Å². The van der Waals surface area contributed by atoms with Gasteiger partial charge < -0.3 is 9.80 Å². The Morgan fingerprint density at radius 3 is 2.48 bits per heavy atom. The molecule has 27 heavy (non-hydrogen) atoms. The van der Waals surface area contributed by atoms with E-state index in [1.807, 2.05) is 6.07 Å². The Labute approximate surface area is 165 Å². The summed E-state index contributed by atoms with van der Waals surface area (Å²) < 4.78 is 1.58. The van der Waals surface area contributed by atoms with Crippen LogP contribution in [0.2, 0.25) is 10.0 Å². The zero-order valence-electron chi connectivity index (χ0n) is 14.2. The van der Waals surface area contributed by atoms with E-state index in [0.717, 1.165) is 5.82 Å². The Morgan fingerprint density at radius 1 is 0.963 bits per heavy atom. The Bertz CT molecular complexity index is 956. The molecule has 1 aromatic carbocycles. The summed E-state index contributed by atoms with van der Waals surface area (Å²) >= 11 is 12.2. The fourth-order valence-electron chi connectivity index (χ4n) is 2.93. The molecule has 3 heterocycles. The van der Waals surface area contributed by atoms with Gasteiger partial charge in [-0.25, -0.2) is 19.6 Å². The number of amides is 1. The normalized spacial score (nSPS) is 14.4. The summed E-state index contributed by atoms with van der Waals surface area (Å²) in [4.78, 5) is 29.1. The molecule has 1 fully saturated rings. The van der Waals surface area contributed by atoms with Crippen molar-refractivity contribution in [3.8, 4) is 5.82 Å².